The lowest BCUT2D eigenvalue weighted by Gasteiger charge is -2.27. The lowest BCUT2D eigenvalue weighted by Crippen LogP contribution is -2.39. The fourth-order valence-corrected chi connectivity index (χ4v) is 4.17. The van der Waals surface area contributed by atoms with E-state index in [1.807, 2.05) is 29.1 Å². The van der Waals surface area contributed by atoms with Gasteiger partial charge >= 0.3 is 0 Å². The monoisotopic (exact) mass is 539 g/mol. The molecular weight excluding hydrogens is 501 g/mol. The maximum absolute atomic E-state index is 5.63. The minimum Gasteiger partial charge on any atom is -0.382 e. The molecule has 6 nitrogen and oxygen atoms in total. The molecule has 1 saturated carbocycles. The van der Waals surface area contributed by atoms with E-state index in [1.54, 1.807) is 0 Å². The van der Waals surface area contributed by atoms with E-state index in [0.717, 1.165) is 57.3 Å². The van der Waals surface area contributed by atoms with Gasteiger partial charge in [0.25, 0.3) is 0 Å². The molecule has 0 aliphatic heterocycles. The third-order valence-corrected chi connectivity index (χ3v) is 5.92. The van der Waals surface area contributed by atoms with Crippen LogP contribution in [0.5, 0.6) is 0 Å². The number of benzene rings is 1. The first kappa shape index (κ1) is 25.6. The van der Waals surface area contributed by atoms with Crippen molar-refractivity contribution >= 4 is 29.9 Å². The quantitative estimate of drug-likeness (QED) is 0.190. The molecule has 1 aromatic carbocycles. The van der Waals surface area contributed by atoms with Crippen LogP contribution < -0.4 is 10.6 Å². The molecule has 2 aromatic rings. The molecule has 1 fully saturated rings. The third kappa shape index (κ3) is 8.11. The Morgan fingerprint density at radius 3 is 2.65 bits per heavy atom. The molecule has 172 valence electrons. The van der Waals surface area contributed by atoms with Gasteiger partial charge in [-0.05, 0) is 62.6 Å². The van der Waals surface area contributed by atoms with E-state index in [1.165, 1.54) is 31.2 Å². The van der Waals surface area contributed by atoms with E-state index in [0.29, 0.717) is 5.41 Å². The zero-order valence-electron chi connectivity index (χ0n) is 19.0. The van der Waals surface area contributed by atoms with Gasteiger partial charge in [-0.3, -0.25) is 4.99 Å². The summed E-state index contributed by atoms with van der Waals surface area (Å²) in [7, 11) is 0. The number of hydrogen-bond acceptors (Lipinski definition) is 3. The molecule has 1 aromatic heterocycles. The number of ether oxygens (including phenoxy) is 1. The topological polar surface area (TPSA) is 63.5 Å². The Morgan fingerprint density at radius 1 is 1.16 bits per heavy atom. The molecule has 3 rings (SSSR count). The van der Waals surface area contributed by atoms with Crippen molar-refractivity contribution in [3.8, 4) is 5.69 Å². The first-order chi connectivity index (χ1) is 14.7. The summed E-state index contributed by atoms with van der Waals surface area (Å²) in [4.78, 5) is 4.95. The molecule has 31 heavy (non-hydrogen) atoms. The molecule has 1 heterocycles. The van der Waals surface area contributed by atoms with Crippen molar-refractivity contribution < 1.29 is 4.74 Å². The molecule has 0 bridgehead atoms. The smallest absolute Gasteiger partial charge is 0.191 e. The predicted octanol–water partition coefficient (Wildman–Crippen LogP) is 4.57. The molecule has 2 N–H and O–H groups in total. The Morgan fingerprint density at radius 2 is 1.94 bits per heavy atom. The zero-order chi connectivity index (χ0) is 21.1. The van der Waals surface area contributed by atoms with Crippen LogP contribution in [0.2, 0.25) is 0 Å². The number of para-hydroxylation sites is 1. The second-order valence-electron chi connectivity index (χ2n) is 8.15. The van der Waals surface area contributed by atoms with E-state index < -0.39 is 0 Å². The number of rotatable bonds is 11. The average molecular weight is 540 g/mol. The van der Waals surface area contributed by atoms with Crippen LogP contribution in [0, 0.1) is 5.41 Å². The number of nitrogens with zero attached hydrogens (tertiary/aromatic N) is 3. The van der Waals surface area contributed by atoms with Crippen LogP contribution in [0.1, 0.15) is 51.5 Å². The van der Waals surface area contributed by atoms with Crippen molar-refractivity contribution in [3.63, 3.8) is 0 Å². The zero-order valence-corrected chi connectivity index (χ0v) is 21.3. The molecule has 0 unspecified atom stereocenters. The Kier molecular flexibility index (Phi) is 11.4. The largest absolute Gasteiger partial charge is 0.382 e. The number of halogens is 1. The summed E-state index contributed by atoms with van der Waals surface area (Å²) < 4.78 is 7.56. The summed E-state index contributed by atoms with van der Waals surface area (Å²) in [5.74, 6) is 0.913. The van der Waals surface area contributed by atoms with Crippen LogP contribution in [-0.2, 0) is 11.2 Å². The highest BCUT2D eigenvalue weighted by molar-refractivity contribution is 14.0. The summed E-state index contributed by atoms with van der Waals surface area (Å²) in [6.45, 7) is 8.40. The second-order valence-corrected chi connectivity index (χ2v) is 8.15. The molecule has 0 spiro atoms. The SMILES string of the molecule is CCNC(=NCC1(CCOCC)CCCC1)NCCc1cnn(-c2ccccc2)c1.I. The maximum Gasteiger partial charge on any atom is 0.191 e. The van der Waals surface area contributed by atoms with Crippen LogP contribution >= 0.6 is 24.0 Å². The Labute approximate surface area is 204 Å². The van der Waals surface area contributed by atoms with Crippen molar-refractivity contribution in [1.29, 1.82) is 0 Å². The summed E-state index contributed by atoms with van der Waals surface area (Å²) in [5.41, 5.74) is 2.61. The van der Waals surface area contributed by atoms with Gasteiger partial charge in [-0.25, -0.2) is 4.68 Å². The van der Waals surface area contributed by atoms with Gasteiger partial charge in [-0.1, -0.05) is 31.0 Å². The van der Waals surface area contributed by atoms with E-state index in [4.69, 9.17) is 9.73 Å². The van der Waals surface area contributed by atoms with Gasteiger partial charge < -0.3 is 15.4 Å². The van der Waals surface area contributed by atoms with E-state index in [2.05, 4.69) is 47.9 Å². The lowest BCUT2D eigenvalue weighted by atomic mass is 9.83. The van der Waals surface area contributed by atoms with Gasteiger partial charge in [-0.2, -0.15) is 5.10 Å². The second kappa shape index (κ2) is 13.7. The highest BCUT2D eigenvalue weighted by Gasteiger charge is 2.33. The van der Waals surface area contributed by atoms with Gasteiger partial charge in [0.1, 0.15) is 0 Å². The summed E-state index contributed by atoms with van der Waals surface area (Å²) in [5, 5.41) is 11.4. The molecule has 1 aliphatic rings. The molecule has 0 amide bonds. The van der Waals surface area contributed by atoms with Gasteiger partial charge in [0, 0.05) is 39.0 Å². The third-order valence-electron chi connectivity index (χ3n) is 5.92. The first-order valence-corrected chi connectivity index (χ1v) is 11.4. The van der Waals surface area contributed by atoms with Crippen molar-refractivity contribution in [2.75, 3.05) is 32.8 Å². The minimum absolute atomic E-state index is 0. The Bertz CT molecular complexity index is 771. The van der Waals surface area contributed by atoms with Gasteiger partial charge in [-0.15, -0.1) is 24.0 Å². The number of aromatic nitrogens is 2. The van der Waals surface area contributed by atoms with Gasteiger partial charge in [0.2, 0.25) is 0 Å². The van der Waals surface area contributed by atoms with Crippen LogP contribution in [0.3, 0.4) is 0 Å². The normalized spacial score (nSPS) is 15.5. The lowest BCUT2D eigenvalue weighted by molar-refractivity contribution is 0.107. The van der Waals surface area contributed by atoms with Gasteiger partial charge in [0.05, 0.1) is 11.9 Å². The van der Waals surface area contributed by atoms with Crippen molar-refractivity contribution in [2.45, 2.75) is 52.4 Å². The molecule has 0 atom stereocenters. The molecule has 0 radical (unpaired) electrons. The van der Waals surface area contributed by atoms with Crippen LogP contribution in [-0.4, -0.2) is 48.6 Å². The van der Waals surface area contributed by atoms with Crippen LogP contribution in [0.4, 0.5) is 0 Å². The summed E-state index contributed by atoms with van der Waals surface area (Å²) in [6, 6.07) is 10.2. The minimum atomic E-state index is 0. The van der Waals surface area contributed by atoms with Crippen molar-refractivity contribution in [2.24, 2.45) is 10.4 Å². The molecule has 0 saturated heterocycles. The first-order valence-electron chi connectivity index (χ1n) is 11.4. The Hall–Kier alpha value is -1.61. The number of nitrogens with one attached hydrogen (secondary N) is 2. The van der Waals surface area contributed by atoms with E-state index in [-0.39, 0.29) is 24.0 Å². The van der Waals surface area contributed by atoms with Crippen LogP contribution in [0.15, 0.2) is 47.7 Å². The standard InChI is InChI=1S/C24H37N5O.HI/c1-3-25-23(27-20-24(13-8-9-14-24)15-17-30-4-2)26-16-12-21-18-28-29(19-21)22-10-6-5-7-11-22;/h5-7,10-11,18-19H,3-4,8-9,12-17,20H2,1-2H3,(H2,25,26,27);1H. The molecular formula is C24H38IN5O. The predicted molar refractivity (Wildman–Crippen MR) is 139 cm³/mol. The van der Waals surface area contributed by atoms with Crippen molar-refractivity contribution in [1.82, 2.24) is 20.4 Å². The summed E-state index contributed by atoms with van der Waals surface area (Å²) >= 11 is 0. The molecule has 1 aliphatic carbocycles. The Balaban J connectivity index is 0.00000341. The number of guanidine groups is 1. The van der Waals surface area contributed by atoms with Crippen LogP contribution in [0.25, 0.3) is 5.69 Å². The highest BCUT2D eigenvalue weighted by atomic mass is 127. The average Bonchev–Trinajstić information content (AvgIpc) is 3.43. The number of aliphatic imine (C=N–C) groups is 1. The summed E-state index contributed by atoms with van der Waals surface area (Å²) in [6.07, 6.45) is 11.2. The van der Waals surface area contributed by atoms with E-state index in [9.17, 15) is 0 Å². The molecule has 7 heteroatoms. The van der Waals surface area contributed by atoms with Crippen molar-refractivity contribution in [3.05, 3.63) is 48.3 Å². The maximum atomic E-state index is 5.63. The van der Waals surface area contributed by atoms with Gasteiger partial charge in [0.15, 0.2) is 5.96 Å². The number of hydrogen-bond donors (Lipinski definition) is 2. The fourth-order valence-electron chi connectivity index (χ4n) is 4.17. The van der Waals surface area contributed by atoms with E-state index >= 15 is 0 Å². The highest BCUT2D eigenvalue weighted by Crippen LogP contribution is 2.41. The fraction of sp³-hybridized carbons (Fsp3) is 0.583.